The van der Waals surface area contributed by atoms with Crippen LogP contribution in [0.3, 0.4) is 0 Å². The second-order valence-corrected chi connectivity index (χ2v) is 7.43. The lowest BCUT2D eigenvalue weighted by atomic mass is 10.0. The predicted octanol–water partition coefficient (Wildman–Crippen LogP) is 5.71. The fourth-order valence-corrected chi connectivity index (χ4v) is 3.50. The van der Waals surface area contributed by atoms with Crippen LogP contribution in [0.1, 0.15) is 5.56 Å². The molecule has 0 atom stereocenters. The van der Waals surface area contributed by atoms with Crippen LogP contribution in [-0.2, 0) is 11.3 Å². The van der Waals surface area contributed by atoms with Gasteiger partial charge < -0.3 is 14.0 Å². The van der Waals surface area contributed by atoms with Crippen molar-refractivity contribution in [3.8, 4) is 28.3 Å². The standard InChI is InChI=1S/C26H20N4O4/c1-32-20-9-5-8-19(14-20)24-21-15-18(10-11-23(21)30-34-24)22-12-13-27-25(28-22)29-26(31)33-16-17-6-3-2-4-7-17/h2-15H,16H2,1H3,(H,27,28,29,31). The maximum atomic E-state index is 12.2. The number of anilines is 1. The van der Waals surface area contributed by atoms with Crippen LogP contribution in [0.25, 0.3) is 33.5 Å². The molecule has 1 N–H and O–H groups in total. The smallest absolute Gasteiger partial charge is 0.414 e. The van der Waals surface area contributed by atoms with Gasteiger partial charge in [0.25, 0.3) is 0 Å². The lowest BCUT2D eigenvalue weighted by Gasteiger charge is -2.07. The molecule has 5 rings (SSSR count). The lowest BCUT2D eigenvalue weighted by molar-refractivity contribution is 0.155. The molecule has 0 radical (unpaired) electrons. The molecule has 2 aromatic heterocycles. The molecule has 0 unspecified atom stereocenters. The summed E-state index contributed by atoms with van der Waals surface area (Å²) in [7, 11) is 1.62. The number of methoxy groups -OCH3 is 1. The average Bonchev–Trinajstić information content (AvgIpc) is 3.32. The van der Waals surface area contributed by atoms with Crippen molar-refractivity contribution in [2.45, 2.75) is 6.61 Å². The molecular formula is C26H20N4O4. The zero-order valence-electron chi connectivity index (χ0n) is 18.3. The van der Waals surface area contributed by atoms with Crippen LogP contribution in [0.2, 0.25) is 0 Å². The van der Waals surface area contributed by atoms with Crippen LogP contribution in [-0.4, -0.2) is 28.3 Å². The molecule has 2 heterocycles. The summed E-state index contributed by atoms with van der Waals surface area (Å²) in [5, 5.41) is 7.58. The fraction of sp³-hybridized carbons (Fsp3) is 0.0769. The van der Waals surface area contributed by atoms with Crippen LogP contribution in [0.4, 0.5) is 10.7 Å². The number of nitrogens with zero attached hydrogens (tertiary/aromatic N) is 3. The second kappa shape index (κ2) is 9.41. The third kappa shape index (κ3) is 4.56. The number of carbonyl (C=O) groups is 1. The van der Waals surface area contributed by atoms with E-state index in [9.17, 15) is 4.79 Å². The quantitative estimate of drug-likeness (QED) is 0.352. The van der Waals surface area contributed by atoms with Gasteiger partial charge in [-0.1, -0.05) is 53.7 Å². The monoisotopic (exact) mass is 452 g/mol. The van der Waals surface area contributed by atoms with Crippen LogP contribution < -0.4 is 10.1 Å². The molecule has 0 aliphatic rings. The minimum atomic E-state index is -0.629. The molecule has 8 heteroatoms. The van der Waals surface area contributed by atoms with Crippen LogP contribution in [0.5, 0.6) is 5.75 Å². The molecule has 0 bridgehead atoms. The Morgan fingerprint density at radius 3 is 2.71 bits per heavy atom. The molecule has 168 valence electrons. The number of hydrogen-bond donors (Lipinski definition) is 1. The molecule has 0 saturated heterocycles. The number of amides is 1. The minimum Gasteiger partial charge on any atom is -0.497 e. The molecule has 34 heavy (non-hydrogen) atoms. The fourth-order valence-electron chi connectivity index (χ4n) is 3.50. The predicted molar refractivity (Wildman–Crippen MR) is 127 cm³/mol. The van der Waals surface area contributed by atoms with Gasteiger partial charge in [-0.3, -0.25) is 5.32 Å². The van der Waals surface area contributed by atoms with Crippen molar-refractivity contribution < 1.29 is 18.8 Å². The summed E-state index contributed by atoms with van der Waals surface area (Å²) in [6, 6.07) is 24.5. The van der Waals surface area contributed by atoms with Crippen molar-refractivity contribution in [2.24, 2.45) is 0 Å². The number of benzene rings is 3. The van der Waals surface area contributed by atoms with E-state index in [0.717, 1.165) is 33.3 Å². The Morgan fingerprint density at radius 2 is 1.85 bits per heavy atom. The van der Waals surface area contributed by atoms with E-state index in [1.807, 2.05) is 72.8 Å². The number of hydrogen-bond acceptors (Lipinski definition) is 7. The van der Waals surface area contributed by atoms with Crippen molar-refractivity contribution in [2.75, 3.05) is 12.4 Å². The summed E-state index contributed by atoms with van der Waals surface area (Å²) in [6.45, 7) is 0.156. The summed E-state index contributed by atoms with van der Waals surface area (Å²) < 4.78 is 16.2. The number of ether oxygens (including phenoxy) is 2. The minimum absolute atomic E-state index is 0.147. The molecular weight excluding hydrogens is 432 g/mol. The molecule has 3 aromatic carbocycles. The van der Waals surface area contributed by atoms with Gasteiger partial charge in [-0.2, -0.15) is 0 Å². The molecule has 0 fully saturated rings. The highest BCUT2D eigenvalue weighted by Crippen LogP contribution is 2.33. The van der Waals surface area contributed by atoms with Crippen LogP contribution >= 0.6 is 0 Å². The van der Waals surface area contributed by atoms with Gasteiger partial charge in [0, 0.05) is 17.3 Å². The Kier molecular flexibility index (Phi) is 5.85. The van der Waals surface area contributed by atoms with E-state index in [1.54, 1.807) is 19.4 Å². The van der Waals surface area contributed by atoms with Gasteiger partial charge >= 0.3 is 6.09 Å². The highest BCUT2D eigenvalue weighted by atomic mass is 16.5. The Labute approximate surface area is 195 Å². The largest absolute Gasteiger partial charge is 0.497 e. The van der Waals surface area contributed by atoms with E-state index in [-0.39, 0.29) is 12.6 Å². The zero-order valence-corrected chi connectivity index (χ0v) is 18.3. The van der Waals surface area contributed by atoms with Crippen molar-refractivity contribution >= 4 is 22.9 Å². The van der Waals surface area contributed by atoms with Gasteiger partial charge in [-0.15, -0.1) is 0 Å². The Balaban J connectivity index is 1.37. The number of carbonyl (C=O) groups excluding carboxylic acids is 1. The molecule has 0 aliphatic heterocycles. The van der Waals surface area contributed by atoms with Crippen molar-refractivity contribution in [1.82, 2.24) is 15.1 Å². The van der Waals surface area contributed by atoms with Gasteiger partial charge in [0.1, 0.15) is 17.9 Å². The summed E-state index contributed by atoms with van der Waals surface area (Å²) in [5.41, 5.74) is 3.92. The van der Waals surface area contributed by atoms with Crippen molar-refractivity contribution in [3.05, 3.63) is 90.6 Å². The first-order chi connectivity index (χ1) is 16.7. The first-order valence-electron chi connectivity index (χ1n) is 10.5. The van der Waals surface area contributed by atoms with Gasteiger partial charge in [0.2, 0.25) is 5.95 Å². The Hall–Kier alpha value is -4.72. The first kappa shape index (κ1) is 21.1. The van der Waals surface area contributed by atoms with E-state index < -0.39 is 6.09 Å². The second-order valence-electron chi connectivity index (χ2n) is 7.43. The maximum Gasteiger partial charge on any atom is 0.414 e. The zero-order chi connectivity index (χ0) is 23.3. The number of fused-ring (bicyclic) bond motifs is 1. The highest BCUT2D eigenvalue weighted by molar-refractivity contribution is 5.94. The molecule has 0 saturated carbocycles. The van der Waals surface area contributed by atoms with Gasteiger partial charge in [-0.25, -0.2) is 14.8 Å². The van der Waals surface area contributed by atoms with Gasteiger partial charge in [0.05, 0.1) is 18.2 Å². The SMILES string of the molecule is COc1cccc(-c2onc3ccc(-c4ccnc(NC(=O)OCc5ccccc5)n4)cc23)c1. The number of rotatable bonds is 6. The third-order valence-corrected chi connectivity index (χ3v) is 5.19. The Morgan fingerprint density at radius 1 is 0.971 bits per heavy atom. The summed E-state index contributed by atoms with van der Waals surface area (Å²) >= 11 is 0. The number of aromatic nitrogens is 3. The van der Waals surface area contributed by atoms with Gasteiger partial charge in [-0.05, 0) is 35.9 Å². The third-order valence-electron chi connectivity index (χ3n) is 5.19. The molecule has 0 spiro atoms. The topological polar surface area (TPSA) is 99.4 Å². The first-order valence-corrected chi connectivity index (χ1v) is 10.5. The lowest BCUT2D eigenvalue weighted by Crippen LogP contribution is -2.15. The van der Waals surface area contributed by atoms with Crippen LogP contribution in [0.15, 0.2) is 89.6 Å². The maximum absolute atomic E-state index is 12.2. The normalized spacial score (nSPS) is 10.7. The molecule has 0 aliphatic carbocycles. The summed E-state index contributed by atoms with van der Waals surface area (Å²) in [4.78, 5) is 20.8. The van der Waals surface area contributed by atoms with E-state index in [1.165, 1.54) is 0 Å². The molecule has 8 nitrogen and oxygen atoms in total. The van der Waals surface area contributed by atoms with Crippen molar-refractivity contribution in [3.63, 3.8) is 0 Å². The van der Waals surface area contributed by atoms with E-state index in [4.69, 9.17) is 14.0 Å². The van der Waals surface area contributed by atoms with Crippen molar-refractivity contribution in [1.29, 1.82) is 0 Å². The number of nitrogens with one attached hydrogen (secondary N) is 1. The van der Waals surface area contributed by atoms with Gasteiger partial charge in [0.15, 0.2) is 5.76 Å². The van der Waals surface area contributed by atoms with E-state index in [0.29, 0.717) is 11.5 Å². The van der Waals surface area contributed by atoms with E-state index >= 15 is 0 Å². The Bertz CT molecular complexity index is 1450. The average molecular weight is 452 g/mol. The molecule has 5 aromatic rings. The summed E-state index contributed by atoms with van der Waals surface area (Å²) in [6.07, 6.45) is 0.950. The molecule has 1 amide bonds. The van der Waals surface area contributed by atoms with Crippen LogP contribution in [0, 0.1) is 0 Å². The highest BCUT2D eigenvalue weighted by Gasteiger charge is 2.14. The summed E-state index contributed by atoms with van der Waals surface area (Å²) in [5.74, 6) is 1.51. The van der Waals surface area contributed by atoms with E-state index in [2.05, 4.69) is 20.4 Å².